The van der Waals surface area contributed by atoms with Crippen LogP contribution < -0.4 is 15.4 Å². The Morgan fingerprint density at radius 2 is 1.79 bits per heavy atom. The molecule has 28 heavy (non-hydrogen) atoms. The Morgan fingerprint density at radius 3 is 2.43 bits per heavy atom. The van der Waals surface area contributed by atoms with Gasteiger partial charge in [-0.3, -0.25) is 14.6 Å². The van der Waals surface area contributed by atoms with Gasteiger partial charge in [0.25, 0.3) is 5.91 Å². The highest BCUT2D eigenvalue weighted by Crippen LogP contribution is 2.16. The zero-order valence-corrected chi connectivity index (χ0v) is 16.4. The lowest BCUT2D eigenvalue weighted by Gasteiger charge is -2.08. The van der Waals surface area contributed by atoms with Crippen LogP contribution in [0.2, 0.25) is 0 Å². The maximum atomic E-state index is 11.8. The number of nitrogens with zero attached hydrogens (tertiary/aromatic N) is 1. The summed E-state index contributed by atoms with van der Waals surface area (Å²) in [6, 6.07) is 9.48. The first-order valence-electron chi connectivity index (χ1n) is 8.74. The van der Waals surface area contributed by atoms with Crippen LogP contribution in [0.5, 0.6) is 5.75 Å². The molecule has 0 radical (unpaired) electrons. The normalized spacial score (nSPS) is 10.9. The molecule has 150 valence electrons. The van der Waals surface area contributed by atoms with Crippen LogP contribution in [0.4, 0.5) is 0 Å². The number of nitrogens with one attached hydrogen (secondary N) is 2. The van der Waals surface area contributed by atoms with Crippen LogP contribution in [0.25, 0.3) is 0 Å². The van der Waals surface area contributed by atoms with E-state index in [9.17, 15) is 18.0 Å². The highest BCUT2D eigenvalue weighted by Gasteiger charge is 2.07. The fourth-order valence-corrected chi connectivity index (χ4v) is 2.90. The van der Waals surface area contributed by atoms with Crippen LogP contribution in [0.3, 0.4) is 0 Å². The average Bonchev–Trinajstić information content (AvgIpc) is 2.69. The van der Waals surface area contributed by atoms with E-state index < -0.39 is 9.84 Å². The number of carbonyl (C=O) groups excluding carboxylic acids is 2. The lowest BCUT2D eigenvalue weighted by atomic mass is 10.2. The number of rotatable bonds is 10. The monoisotopic (exact) mass is 405 g/mol. The first kappa shape index (κ1) is 21.4. The average molecular weight is 405 g/mol. The Kier molecular flexibility index (Phi) is 7.94. The third-order valence-corrected chi connectivity index (χ3v) is 4.85. The SMILES string of the molecule is CS(=O)(=O)c1ccc(OCCCC(=O)NCCNC(=O)c2cccnc2)cc1. The van der Waals surface area contributed by atoms with E-state index >= 15 is 0 Å². The van der Waals surface area contributed by atoms with E-state index in [4.69, 9.17) is 4.74 Å². The highest BCUT2D eigenvalue weighted by atomic mass is 32.2. The number of hydrogen-bond acceptors (Lipinski definition) is 6. The molecule has 0 aliphatic heterocycles. The molecule has 1 heterocycles. The maximum absolute atomic E-state index is 11.8. The molecule has 0 unspecified atom stereocenters. The van der Waals surface area contributed by atoms with Gasteiger partial charge in [0, 0.05) is 38.2 Å². The predicted octanol–water partition coefficient (Wildman–Crippen LogP) is 1.19. The maximum Gasteiger partial charge on any atom is 0.252 e. The molecule has 0 atom stereocenters. The molecular weight excluding hydrogens is 382 g/mol. The van der Waals surface area contributed by atoms with Crippen LogP contribution >= 0.6 is 0 Å². The van der Waals surface area contributed by atoms with Crippen molar-refractivity contribution in [2.24, 2.45) is 0 Å². The Labute approximate surface area is 164 Å². The zero-order chi connectivity index (χ0) is 20.4. The van der Waals surface area contributed by atoms with Crippen molar-refractivity contribution in [3.8, 4) is 5.75 Å². The van der Waals surface area contributed by atoms with E-state index in [-0.39, 0.29) is 23.1 Å². The summed E-state index contributed by atoms with van der Waals surface area (Å²) in [5.74, 6) is 0.176. The van der Waals surface area contributed by atoms with Gasteiger partial charge in [-0.05, 0) is 42.8 Å². The second-order valence-corrected chi connectivity index (χ2v) is 8.06. The Balaban J connectivity index is 1.57. The smallest absolute Gasteiger partial charge is 0.252 e. The third kappa shape index (κ3) is 7.36. The third-order valence-electron chi connectivity index (χ3n) is 3.73. The van der Waals surface area contributed by atoms with Crippen molar-refractivity contribution in [2.75, 3.05) is 26.0 Å². The summed E-state index contributed by atoms with van der Waals surface area (Å²) in [6.45, 7) is 0.991. The predicted molar refractivity (Wildman–Crippen MR) is 104 cm³/mol. The molecule has 0 aliphatic rings. The van der Waals surface area contributed by atoms with Crippen molar-refractivity contribution >= 4 is 21.7 Å². The van der Waals surface area contributed by atoms with Gasteiger partial charge in [-0.1, -0.05) is 0 Å². The fraction of sp³-hybridized carbons (Fsp3) is 0.316. The summed E-state index contributed by atoms with van der Waals surface area (Å²) in [5, 5.41) is 5.42. The minimum absolute atomic E-state index is 0.133. The number of aromatic nitrogens is 1. The second-order valence-electron chi connectivity index (χ2n) is 6.04. The van der Waals surface area contributed by atoms with Gasteiger partial charge < -0.3 is 15.4 Å². The molecular formula is C19H23N3O5S. The van der Waals surface area contributed by atoms with Gasteiger partial charge in [0.1, 0.15) is 5.75 Å². The summed E-state index contributed by atoms with van der Waals surface area (Å²) in [5.41, 5.74) is 0.468. The number of sulfone groups is 1. The lowest BCUT2D eigenvalue weighted by Crippen LogP contribution is -2.34. The lowest BCUT2D eigenvalue weighted by molar-refractivity contribution is -0.121. The van der Waals surface area contributed by atoms with E-state index in [0.29, 0.717) is 37.4 Å². The summed E-state index contributed by atoms with van der Waals surface area (Å²) in [4.78, 5) is 27.7. The number of pyridine rings is 1. The molecule has 0 spiro atoms. The zero-order valence-electron chi connectivity index (χ0n) is 15.6. The molecule has 2 amide bonds. The molecule has 1 aromatic carbocycles. The quantitative estimate of drug-likeness (QED) is 0.574. The van der Waals surface area contributed by atoms with Gasteiger partial charge in [-0.2, -0.15) is 0 Å². The minimum Gasteiger partial charge on any atom is -0.494 e. The number of hydrogen-bond donors (Lipinski definition) is 2. The van der Waals surface area contributed by atoms with Crippen LogP contribution in [0.1, 0.15) is 23.2 Å². The van der Waals surface area contributed by atoms with Crippen molar-refractivity contribution in [1.29, 1.82) is 0 Å². The van der Waals surface area contributed by atoms with Gasteiger partial charge in [0.05, 0.1) is 17.1 Å². The number of benzene rings is 1. The van der Waals surface area contributed by atoms with Gasteiger partial charge in [-0.15, -0.1) is 0 Å². The molecule has 2 aromatic rings. The number of ether oxygens (including phenoxy) is 1. The van der Waals surface area contributed by atoms with Crippen LogP contribution in [-0.4, -0.2) is 51.2 Å². The van der Waals surface area contributed by atoms with Crippen LogP contribution in [-0.2, 0) is 14.6 Å². The summed E-state index contributed by atoms with van der Waals surface area (Å²) in [7, 11) is -3.23. The topological polar surface area (TPSA) is 114 Å². The summed E-state index contributed by atoms with van der Waals surface area (Å²) < 4.78 is 28.3. The van der Waals surface area contributed by atoms with Crippen molar-refractivity contribution < 1.29 is 22.7 Å². The number of carbonyl (C=O) groups is 2. The van der Waals surface area contributed by atoms with Crippen LogP contribution in [0, 0.1) is 0 Å². The molecule has 2 N–H and O–H groups in total. The van der Waals surface area contributed by atoms with Crippen molar-refractivity contribution in [3.05, 3.63) is 54.4 Å². The molecule has 2 rings (SSSR count). The molecule has 1 aromatic heterocycles. The molecule has 0 aliphatic carbocycles. The van der Waals surface area contributed by atoms with Gasteiger partial charge in [0.2, 0.25) is 5.91 Å². The molecule has 9 heteroatoms. The van der Waals surface area contributed by atoms with Crippen molar-refractivity contribution in [2.45, 2.75) is 17.7 Å². The first-order chi connectivity index (χ1) is 13.4. The van der Waals surface area contributed by atoms with Gasteiger partial charge >= 0.3 is 0 Å². The first-order valence-corrected chi connectivity index (χ1v) is 10.6. The molecule has 8 nitrogen and oxygen atoms in total. The molecule has 0 saturated heterocycles. The van der Waals surface area contributed by atoms with Gasteiger partial charge in [-0.25, -0.2) is 8.42 Å². The second kappa shape index (κ2) is 10.4. The van der Waals surface area contributed by atoms with E-state index in [1.54, 1.807) is 30.5 Å². The summed E-state index contributed by atoms with van der Waals surface area (Å²) >= 11 is 0. The minimum atomic E-state index is -3.23. The highest BCUT2D eigenvalue weighted by molar-refractivity contribution is 7.90. The molecule has 0 bridgehead atoms. The largest absolute Gasteiger partial charge is 0.494 e. The number of amides is 2. The molecule has 0 fully saturated rings. The van der Waals surface area contributed by atoms with Crippen molar-refractivity contribution in [1.82, 2.24) is 15.6 Å². The Bertz CT molecular complexity index is 884. The Morgan fingerprint density at radius 1 is 1.07 bits per heavy atom. The standard InChI is InChI=1S/C19H23N3O5S/c1-28(25,26)17-8-6-16(7-9-17)27-13-3-5-18(23)21-11-12-22-19(24)15-4-2-10-20-14-15/h2,4,6-10,14H,3,5,11-13H2,1H3,(H,21,23)(H,22,24). The summed E-state index contributed by atoms with van der Waals surface area (Å²) in [6.07, 6.45) is 5.01. The molecule has 0 saturated carbocycles. The van der Waals surface area contributed by atoms with E-state index in [1.807, 2.05) is 0 Å². The van der Waals surface area contributed by atoms with Crippen molar-refractivity contribution in [3.63, 3.8) is 0 Å². The van der Waals surface area contributed by atoms with E-state index in [2.05, 4.69) is 15.6 Å². The van der Waals surface area contributed by atoms with Gasteiger partial charge in [0.15, 0.2) is 9.84 Å². The Hall–Kier alpha value is -2.94. The van der Waals surface area contributed by atoms with E-state index in [0.717, 1.165) is 6.26 Å². The fourth-order valence-electron chi connectivity index (χ4n) is 2.27. The van der Waals surface area contributed by atoms with Crippen LogP contribution in [0.15, 0.2) is 53.7 Å². The van der Waals surface area contributed by atoms with E-state index in [1.165, 1.54) is 18.3 Å².